The normalized spacial score (nSPS) is 39.0. The molecular formula is C8H14F2O. The third-order valence-electron chi connectivity index (χ3n) is 2.05. The lowest BCUT2D eigenvalue weighted by molar-refractivity contribution is -0.0507. The molecular weight excluding hydrogens is 150 g/mol. The lowest BCUT2D eigenvalue weighted by atomic mass is 9.94. The smallest absolute Gasteiger partial charge is 0.157 e. The summed E-state index contributed by atoms with van der Waals surface area (Å²) in [6, 6.07) is 0. The molecule has 0 aromatic heterocycles. The van der Waals surface area contributed by atoms with Crippen molar-refractivity contribution in [2.45, 2.75) is 44.6 Å². The molecule has 3 unspecified atom stereocenters. The van der Waals surface area contributed by atoms with Crippen molar-refractivity contribution in [3.05, 3.63) is 0 Å². The Kier molecular flexibility index (Phi) is 3.24. The molecule has 0 saturated heterocycles. The molecule has 1 saturated carbocycles. The van der Waals surface area contributed by atoms with E-state index in [2.05, 4.69) is 0 Å². The van der Waals surface area contributed by atoms with Gasteiger partial charge in [0, 0.05) is 6.61 Å². The highest BCUT2D eigenvalue weighted by atomic mass is 19.2. The van der Waals surface area contributed by atoms with Crippen LogP contribution < -0.4 is 0 Å². The summed E-state index contributed by atoms with van der Waals surface area (Å²) in [6.45, 7) is 2.27. The van der Waals surface area contributed by atoms with E-state index >= 15 is 0 Å². The predicted octanol–water partition coefficient (Wildman–Crippen LogP) is 2.25. The van der Waals surface area contributed by atoms with E-state index < -0.39 is 18.4 Å². The molecule has 1 nitrogen and oxygen atoms in total. The maximum absolute atomic E-state index is 12.9. The first-order valence-corrected chi connectivity index (χ1v) is 4.15. The van der Waals surface area contributed by atoms with Gasteiger partial charge in [0.2, 0.25) is 0 Å². The van der Waals surface area contributed by atoms with Gasteiger partial charge >= 0.3 is 0 Å². The summed E-state index contributed by atoms with van der Waals surface area (Å²) in [4.78, 5) is 0. The van der Waals surface area contributed by atoms with Crippen molar-refractivity contribution in [2.24, 2.45) is 0 Å². The van der Waals surface area contributed by atoms with Crippen LogP contribution in [0.3, 0.4) is 0 Å². The third kappa shape index (κ3) is 2.12. The molecule has 0 N–H and O–H groups in total. The van der Waals surface area contributed by atoms with Crippen LogP contribution in [0.4, 0.5) is 8.78 Å². The number of hydrogen-bond acceptors (Lipinski definition) is 1. The summed E-state index contributed by atoms with van der Waals surface area (Å²) in [5, 5.41) is 0. The highest BCUT2D eigenvalue weighted by molar-refractivity contribution is 4.82. The van der Waals surface area contributed by atoms with E-state index in [-0.39, 0.29) is 0 Å². The SMILES string of the molecule is CCOC1CCCC(F)C1F. The minimum atomic E-state index is -1.40. The zero-order valence-electron chi connectivity index (χ0n) is 6.72. The number of ether oxygens (including phenoxy) is 1. The van der Waals surface area contributed by atoms with Gasteiger partial charge in [-0.15, -0.1) is 0 Å². The Bertz CT molecular complexity index is 117. The molecule has 1 aliphatic rings. The van der Waals surface area contributed by atoms with Crippen LogP contribution in [0.2, 0.25) is 0 Å². The molecule has 66 valence electrons. The second kappa shape index (κ2) is 4.00. The Morgan fingerprint density at radius 1 is 1.36 bits per heavy atom. The molecule has 0 radical (unpaired) electrons. The average Bonchev–Trinajstić information content (AvgIpc) is 1.99. The van der Waals surface area contributed by atoms with Gasteiger partial charge in [0.15, 0.2) is 6.17 Å². The van der Waals surface area contributed by atoms with Crippen molar-refractivity contribution in [3.63, 3.8) is 0 Å². The molecule has 11 heavy (non-hydrogen) atoms. The van der Waals surface area contributed by atoms with Gasteiger partial charge in [0.05, 0.1) is 6.10 Å². The van der Waals surface area contributed by atoms with Crippen LogP contribution in [-0.2, 0) is 4.74 Å². The van der Waals surface area contributed by atoms with Crippen LogP contribution in [0, 0.1) is 0 Å². The lowest BCUT2D eigenvalue weighted by Crippen LogP contribution is -2.37. The van der Waals surface area contributed by atoms with Gasteiger partial charge in [-0.25, -0.2) is 8.78 Å². The maximum Gasteiger partial charge on any atom is 0.157 e. The first kappa shape index (κ1) is 8.91. The van der Waals surface area contributed by atoms with Crippen molar-refractivity contribution in [3.8, 4) is 0 Å². The van der Waals surface area contributed by atoms with Gasteiger partial charge in [-0.2, -0.15) is 0 Å². The van der Waals surface area contributed by atoms with Crippen molar-refractivity contribution >= 4 is 0 Å². The fourth-order valence-corrected chi connectivity index (χ4v) is 1.45. The number of rotatable bonds is 2. The fourth-order valence-electron chi connectivity index (χ4n) is 1.45. The minimum Gasteiger partial charge on any atom is -0.375 e. The first-order valence-electron chi connectivity index (χ1n) is 4.15. The second-order valence-electron chi connectivity index (χ2n) is 2.89. The molecule has 0 aromatic rings. The third-order valence-corrected chi connectivity index (χ3v) is 2.05. The summed E-state index contributed by atoms with van der Waals surface area (Å²) < 4.78 is 30.7. The molecule has 0 bridgehead atoms. The fraction of sp³-hybridized carbons (Fsp3) is 1.00. The number of halogens is 2. The minimum absolute atomic E-state index is 0.352. The zero-order valence-corrected chi connectivity index (χ0v) is 6.72. The monoisotopic (exact) mass is 164 g/mol. The molecule has 3 heteroatoms. The second-order valence-corrected chi connectivity index (χ2v) is 2.89. The zero-order chi connectivity index (χ0) is 8.27. The molecule has 1 fully saturated rings. The van der Waals surface area contributed by atoms with Gasteiger partial charge < -0.3 is 4.74 Å². The van der Waals surface area contributed by atoms with Crippen LogP contribution in [0.1, 0.15) is 26.2 Å². The van der Waals surface area contributed by atoms with Crippen molar-refractivity contribution in [2.75, 3.05) is 6.61 Å². The van der Waals surface area contributed by atoms with Gasteiger partial charge in [-0.1, -0.05) is 0 Å². The quantitative estimate of drug-likeness (QED) is 0.608. The average molecular weight is 164 g/mol. The lowest BCUT2D eigenvalue weighted by Gasteiger charge is -2.28. The maximum atomic E-state index is 12.9. The number of alkyl halides is 2. The van der Waals surface area contributed by atoms with E-state index in [1.54, 1.807) is 6.92 Å². The summed E-state index contributed by atoms with van der Waals surface area (Å²) in [5.41, 5.74) is 0. The summed E-state index contributed by atoms with van der Waals surface area (Å²) in [7, 11) is 0. The van der Waals surface area contributed by atoms with E-state index in [1.165, 1.54) is 0 Å². The Balaban J connectivity index is 2.38. The Labute approximate surface area is 65.7 Å². The van der Waals surface area contributed by atoms with Gasteiger partial charge in [-0.05, 0) is 26.2 Å². The van der Waals surface area contributed by atoms with E-state index in [0.717, 1.165) is 6.42 Å². The van der Waals surface area contributed by atoms with E-state index in [4.69, 9.17) is 4.74 Å². The molecule has 0 aromatic carbocycles. The van der Waals surface area contributed by atoms with Crippen molar-refractivity contribution in [1.82, 2.24) is 0 Å². The molecule has 1 rings (SSSR count). The van der Waals surface area contributed by atoms with Crippen LogP contribution in [0.5, 0.6) is 0 Å². The molecule has 0 aliphatic heterocycles. The van der Waals surface area contributed by atoms with Crippen molar-refractivity contribution < 1.29 is 13.5 Å². The number of hydrogen-bond donors (Lipinski definition) is 0. The predicted molar refractivity (Wildman–Crippen MR) is 39.1 cm³/mol. The topological polar surface area (TPSA) is 9.23 Å². The van der Waals surface area contributed by atoms with Crippen LogP contribution in [0.15, 0.2) is 0 Å². The van der Waals surface area contributed by atoms with E-state index in [1.807, 2.05) is 0 Å². The summed E-state index contributed by atoms with van der Waals surface area (Å²) >= 11 is 0. The molecule has 0 spiro atoms. The van der Waals surface area contributed by atoms with Crippen molar-refractivity contribution in [1.29, 1.82) is 0 Å². The highest BCUT2D eigenvalue weighted by Crippen LogP contribution is 2.26. The first-order chi connectivity index (χ1) is 5.25. The van der Waals surface area contributed by atoms with Gasteiger partial charge in [0.25, 0.3) is 0 Å². The summed E-state index contributed by atoms with van der Waals surface area (Å²) in [6.07, 6.45) is -1.44. The Morgan fingerprint density at radius 3 is 2.73 bits per heavy atom. The Morgan fingerprint density at radius 2 is 2.09 bits per heavy atom. The molecule has 1 aliphatic carbocycles. The molecule has 0 heterocycles. The van der Waals surface area contributed by atoms with Crippen LogP contribution in [-0.4, -0.2) is 25.1 Å². The van der Waals surface area contributed by atoms with Crippen LogP contribution in [0.25, 0.3) is 0 Å². The Hall–Kier alpha value is -0.180. The van der Waals surface area contributed by atoms with E-state index in [0.29, 0.717) is 19.4 Å². The van der Waals surface area contributed by atoms with E-state index in [9.17, 15) is 8.78 Å². The molecule has 3 atom stereocenters. The van der Waals surface area contributed by atoms with Crippen LogP contribution >= 0.6 is 0 Å². The largest absolute Gasteiger partial charge is 0.375 e. The summed E-state index contributed by atoms with van der Waals surface area (Å²) in [5.74, 6) is 0. The molecule has 0 amide bonds. The highest BCUT2D eigenvalue weighted by Gasteiger charge is 2.33. The standard InChI is InChI=1S/C8H14F2O/c1-2-11-7-5-3-4-6(9)8(7)10/h6-8H,2-5H2,1H3. The van der Waals surface area contributed by atoms with Gasteiger partial charge in [0.1, 0.15) is 6.17 Å². The van der Waals surface area contributed by atoms with Gasteiger partial charge in [-0.3, -0.25) is 0 Å².